The number of ether oxygens (including phenoxy) is 3. The number of anilines is 1. The SMILES string of the molecule is CCOc1ccc(C(=O)NCC(=O)Nc2nc3cc(F)ccc3n2CCOC)cc1OC. The van der Waals surface area contributed by atoms with Crippen LogP contribution in [-0.4, -0.2) is 55.3 Å². The fourth-order valence-electron chi connectivity index (χ4n) is 3.12. The quantitative estimate of drug-likeness (QED) is 0.498. The molecule has 2 N–H and O–H groups in total. The number of carbonyl (C=O) groups excluding carboxylic acids is 2. The molecule has 0 radical (unpaired) electrons. The summed E-state index contributed by atoms with van der Waals surface area (Å²) in [7, 11) is 3.04. The monoisotopic (exact) mass is 444 g/mol. The van der Waals surface area contributed by atoms with Crippen molar-refractivity contribution >= 4 is 28.8 Å². The average molecular weight is 444 g/mol. The molecule has 9 nitrogen and oxygen atoms in total. The van der Waals surface area contributed by atoms with E-state index in [4.69, 9.17) is 14.2 Å². The van der Waals surface area contributed by atoms with E-state index in [2.05, 4.69) is 15.6 Å². The second kappa shape index (κ2) is 10.6. The Kier molecular flexibility index (Phi) is 7.61. The van der Waals surface area contributed by atoms with Crippen LogP contribution in [-0.2, 0) is 16.1 Å². The molecule has 0 aliphatic rings. The van der Waals surface area contributed by atoms with Gasteiger partial charge in [0.2, 0.25) is 11.9 Å². The number of hydrogen-bond acceptors (Lipinski definition) is 6. The number of methoxy groups -OCH3 is 2. The van der Waals surface area contributed by atoms with Crippen molar-refractivity contribution in [3.63, 3.8) is 0 Å². The highest BCUT2D eigenvalue weighted by Crippen LogP contribution is 2.28. The zero-order chi connectivity index (χ0) is 23.1. The van der Waals surface area contributed by atoms with E-state index in [0.29, 0.717) is 47.9 Å². The summed E-state index contributed by atoms with van der Waals surface area (Å²) in [5.41, 5.74) is 1.38. The molecule has 1 aromatic heterocycles. The zero-order valence-electron chi connectivity index (χ0n) is 18.1. The minimum absolute atomic E-state index is 0.240. The average Bonchev–Trinajstić information content (AvgIpc) is 3.12. The second-order valence-electron chi connectivity index (χ2n) is 6.74. The van der Waals surface area contributed by atoms with Gasteiger partial charge in [0.15, 0.2) is 11.5 Å². The van der Waals surface area contributed by atoms with E-state index < -0.39 is 17.6 Å². The summed E-state index contributed by atoms with van der Waals surface area (Å²) >= 11 is 0. The Hall–Kier alpha value is -3.66. The lowest BCUT2D eigenvalue weighted by atomic mass is 10.2. The Bertz CT molecular complexity index is 1120. The van der Waals surface area contributed by atoms with Crippen molar-refractivity contribution in [2.24, 2.45) is 0 Å². The standard InChI is InChI=1S/C22H25FN4O5/c1-4-32-18-8-5-14(11-19(18)31-3)21(29)24-13-20(28)26-22-25-16-12-15(23)6-7-17(16)27(22)9-10-30-2/h5-8,11-12H,4,9-10,13H2,1-3H3,(H,24,29)(H,25,26,28). The Labute approximate surface area is 184 Å². The Morgan fingerprint density at radius 1 is 1.12 bits per heavy atom. The highest BCUT2D eigenvalue weighted by atomic mass is 19.1. The Morgan fingerprint density at radius 2 is 1.94 bits per heavy atom. The number of benzene rings is 2. The second-order valence-corrected chi connectivity index (χ2v) is 6.74. The van der Waals surface area contributed by atoms with Gasteiger partial charge in [-0.1, -0.05) is 0 Å². The van der Waals surface area contributed by atoms with Gasteiger partial charge >= 0.3 is 0 Å². The first-order chi connectivity index (χ1) is 15.5. The molecule has 0 aliphatic heterocycles. The minimum atomic E-state index is -0.481. The van der Waals surface area contributed by atoms with Gasteiger partial charge in [-0.25, -0.2) is 9.37 Å². The molecule has 2 amide bonds. The van der Waals surface area contributed by atoms with E-state index in [1.807, 2.05) is 6.92 Å². The number of aromatic nitrogens is 2. The lowest BCUT2D eigenvalue weighted by Crippen LogP contribution is -2.33. The molecule has 0 fully saturated rings. The molecule has 0 spiro atoms. The van der Waals surface area contributed by atoms with Crippen LogP contribution in [0.1, 0.15) is 17.3 Å². The molecule has 3 aromatic rings. The fraction of sp³-hybridized carbons (Fsp3) is 0.318. The number of amides is 2. The van der Waals surface area contributed by atoms with Crippen molar-refractivity contribution in [2.75, 3.05) is 39.3 Å². The lowest BCUT2D eigenvalue weighted by molar-refractivity contribution is -0.115. The van der Waals surface area contributed by atoms with E-state index in [0.717, 1.165) is 0 Å². The first kappa shape index (κ1) is 23.0. The molecule has 0 bridgehead atoms. The third kappa shape index (κ3) is 5.33. The molecule has 0 atom stereocenters. The highest BCUT2D eigenvalue weighted by Gasteiger charge is 2.16. The van der Waals surface area contributed by atoms with Crippen molar-refractivity contribution in [3.8, 4) is 11.5 Å². The van der Waals surface area contributed by atoms with Gasteiger partial charge in [0.25, 0.3) is 5.91 Å². The van der Waals surface area contributed by atoms with Crippen LogP contribution in [0.2, 0.25) is 0 Å². The van der Waals surface area contributed by atoms with Gasteiger partial charge in [-0.15, -0.1) is 0 Å². The normalized spacial score (nSPS) is 10.8. The van der Waals surface area contributed by atoms with Gasteiger partial charge < -0.3 is 24.1 Å². The molecule has 170 valence electrons. The van der Waals surface area contributed by atoms with Gasteiger partial charge in [0.1, 0.15) is 5.82 Å². The van der Waals surface area contributed by atoms with Crippen LogP contribution in [0.4, 0.5) is 10.3 Å². The van der Waals surface area contributed by atoms with Crippen molar-refractivity contribution < 1.29 is 28.2 Å². The van der Waals surface area contributed by atoms with E-state index in [1.54, 1.807) is 29.9 Å². The molecule has 1 heterocycles. The van der Waals surface area contributed by atoms with Crippen molar-refractivity contribution in [2.45, 2.75) is 13.5 Å². The number of halogens is 1. The van der Waals surface area contributed by atoms with Crippen LogP contribution >= 0.6 is 0 Å². The molecule has 32 heavy (non-hydrogen) atoms. The summed E-state index contributed by atoms with van der Waals surface area (Å²) in [6.07, 6.45) is 0. The third-order valence-corrected chi connectivity index (χ3v) is 4.62. The largest absolute Gasteiger partial charge is 0.493 e. The van der Waals surface area contributed by atoms with Crippen molar-refractivity contribution in [1.29, 1.82) is 0 Å². The van der Waals surface area contributed by atoms with Crippen molar-refractivity contribution in [1.82, 2.24) is 14.9 Å². The summed E-state index contributed by atoms with van der Waals surface area (Å²) in [5.74, 6) is -0.171. The summed E-state index contributed by atoms with van der Waals surface area (Å²) in [6.45, 7) is 2.81. The number of rotatable bonds is 10. The molecule has 0 aliphatic carbocycles. The van der Waals surface area contributed by atoms with Crippen LogP contribution in [0.15, 0.2) is 36.4 Å². The predicted octanol–water partition coefficient (Wildman–Crippen LogP) is 2.60. The topological polar surface area (TPSA) is 104 Å². The fourth-order valence-corrected chi connectivity index (χ4v) is 3.12. The summed E-state index contributed by atoms with van der Waals surface area (Å²) in [5, 5.41) is 5.22. The first-order valence-electron chi connectivity index (χ1n) is 10.0. The van der Waals surface area contributed by atoms with Crippen molar-refractivity contribution in [3.05, 3.63) is 47.8 Å². The molecular weight excluding hydrogens is 419 g/mol. The summed E-state index contributed by atoms with van der Waals surface area (Å²) in [4.78, 5) is 29.2. The van der Waals surface area contributed by atoms with Gasteiger partial charge in [0, 0.05) is 25.3 Å². The summed E-state index contributed by atoms with van der Waals surface area (Å²) < 4.78 is 31.1. The maximum Gasteiger partial charge on any atom is 0.251 e. The molecular formula is C22H25FN4O5. The van der Waals surface area contributed by atoms with Crippen LogP contribution in [0.25, 0.3) is 11.0 Å². The molecule has 0 saturated carbocycles. The van der Waals surface area contributed by atoms with Crippen LogP contribution in [0, 0.1) is 5.82 Å². The number of nitrogens with one attached hydrogen (secondary N) is 2. The molecule has 0 saturated heterocycles. The van der Waals surface area contributed by atoms with E-state index in [-0.39, 0.29) is 12.5 Å². The highest BCUT2D eigenvalue weighted by molar-refractivity contribution is 5.99. The van der Waals surface area contributed by atoms with E-state index in [1.165, 1.54) is 25.3 Å². The van der Waals surface area contributed by atoms with Gasteiger partial charge in [-0.3, -0.25) is 14.9 Å². The first-order valence-corrected chi connectivity index (χ1v) is 10.0. The Morgan fingerprint density at radius 3 is 2.66 bits per heavy atom. The molecule has 0 unspecified atom stereocenters. The number of imidazole rings is 1. The van der Waals surface area contributed by atoms with Crippen LogP contribution in [0.3, 0.4) is 0 Å². The smallest absolute Gasteiger partial charge is 0.251 e. The van der Waals surface area contributed by atoms with E-state index in [9.17, 15) is 14.0 Å². The third-order valence-electron chi connectivity index (χ3n) is 4.62. The van der Waals surface area contributed by atoms with Gasteiger partial charge in [-0.2, -0.15) is 0 Å². The maximum absolute atomic E-state index is 13.6. The minimum Gasteiger partial charge on any atom is -0.493 e. The zero-order valence-corrected chi connectivity index (χ0v) is 18.1. The van der Waals surface area contributed by atoms with Crippen LogP contribution < -0.4 is 20.1 Å². The van der Waals surface area contributed by atoms with E-state index >= 15 is 0 Å². The number of hydrogen-bond donors (Lipinski definition) is 2. The number of carbonyl (C=O) groups is 2. The molecule has 3 rings (SSSR count). The maximum atomic E-state index is 13.6. The molecule has 10 heteroatoms. The Balaban J connectivity index is 1.68. The number of nitrogens with zero attached hydrogens (tertiary/aromatic N) is 2. The summed E-state index contributed by atoms with van der Waals surface area (Å²) in [6, 6.07) is 8.95. The van der Waals surface area contributed by atoms with Crippen LogP contribution in [0.5, 0.6) is 11.5 Å². The lowest BCUT2D eigenvalue weighted by Gasteiger charge is -2.12. The number of fused-ring (bicyclic) bond motifs is 1. The predicted molar refractivity (Wildman–Crippen MR) is 117 cm³/mol. The molecule has 2 aromatic carbocycles. The van der Waals surface area contributed by atoms with Gasteiger partial charge in [0.05, 0.1) is 37.9 Å². The van der Waals surface area contributed by atoms with Gasteiger partial charge in [-0.05, 0) is 37.3 Å².